The van der Waals surface area contributed by atoms with E-state index < -0.39 is 0 Å². The van der Waals surface area contributed by atoms with Gasteiger partial charge in [-0.15, -0.1) is 0 Å². The Labute approximate surface area is 86.0 Å². The number of hydrogen-bond donors (Lipinski definition) is 0. The van der Waals surface area contributed by atoms with Gasteiger partial charge in [-0.2, -0.15) is 0 Å². The lowest BCUT2D eigenvalue weighted by Crippen LogP contribution is -1.69. The van der Waals surface area contributed by atoms with Crippen molar-refractivity contribution in [2.24, 2.45) is 0 Å². The molecular weight excluding hydrogens is 230 g/mol. The lowest BCUT2D eigenvalue weighted by atomic mass is 10.2. The van der Waals surface area contributed by atoms with Crippen LogP contribution in [-0.4, -0.2) is 5.16 Å². The average Bonchev–Trinajstić information content (AvgIpc) is 2.52. The second-order valence-electron chi connectivity index (χ2n) is 2.41. The molecule has 1 aromatic carbocycles. The average molecular weight is 242 g/mol. The van der Waals surface area contributed by atoms with Crippen LogP contribution < -0.4 is 0 Å². The predicted molar refractivity (Wildman–Crippen MR) is 57.8 cm³/mol. The number of aryl methyl sites for hydroxylation is 1. The van der Waals surface area contributed by atoms with E-state index in [9.17, 15) is 0 Å². The highest BCUT2D eigenvalue weighted by atomic mass is 79.9. The molecule has 0 amide bonds. The number of fused-ring (bicyclic) bond motifs is 1. The smallest absolute Gasteiger partial charge is 0.167 e. The van der Waals surface area contributed by atoms with Crippen molar-refractivity contribution in [3.63, 3.8) is 0 Å². The Balaban J connectivity index is 0.000000396. The maximum absolute atomic E-state index is 5.03. The van der Waals surface area contributed by atoms with Crippen LogP contribution in [0, 0.1) is 6.92 Å². The monoisotopic (exact) mass is 241 g/mol. The molecule has 0 aliphatic rings. The minimum Gasteiger partial charge on any atom is -0.356 e. The highest BCUT2D eigenvalue weighted by Gasteiger charge is 2.02. The van der Waals surface area contributed by atoms with E-state index in [2.05, 4.69) is 21.1 Å². The van der Waals surface area contributed by atoms with Gasteiger partial charge in [-0.3, -0.25) is 0 Å². The molecular formula is C10H12BrNO. The summed E-state index contributed by atoms with van der Waals surface area (Å²) in [5.41, 5.74) is 1.77. The minimum absolute atomic E-state index is 0.839. The van der Waals surface area contributed by atoms with E-state index in [-0.39, 0.29) is 0 Å². The molecule has 2 nitrogen and oxygen atoms in total. The van der Waals surface area contributed by atoms with Crippen LogP contribution in [0.15, 0.2) is 27.2 Å². The highest BCUT2D eigenvalue weighted by molar-refractivity contribution is 9.10. The molecule has 2 aromatic rings. The second-order valence-corrected chi connectivity index (χ2v) is 3.32. The van der Waals surface area contributed by atoms with Crippen LogP contribution in [0.1, 0.15) is 19.5 Å². The van der Waals surface area contributed by atoms with Crippen LogP contribution >= 0.6 is 15.9 Å². The van der Waals surface area contributed by atoms with Gasteiger partial charge >= 0.3 is 0 Å². The van der Waals surface area contributed by atoms with Gasteiger partial charge < -0.3 is 4.52 Å². The summed E-state index contributed by atoms with van der Waals surface area (Å²) in [6.07, 6.45) is 0. The van der Waals surface area contributed by atoms with Gasteiger partial charge in [0.15, 0.2) is 5.58 Å². The minimum atomic E-state index is 0.839. The van der Waals surface area contributed by atoms with E-state index in [1.54, 1.807) is 0 Å². The fourth-order valence-electron chi connectivity index (χ4n) is 1.03. The Morgan fingerprint density at radius 3 is 2.69 bits per heavy atom. The Morgan fingerprint density at radius 2 is 2.00 bits per heavy atom. The first kappa shape index (κ1) is 10.3. The van der Waals surface area contributed by atoms with Gasteiger partial charge in [0.05, 0.1) is 5.69 Å². The number of aromatic nitrogens is 1. The van der Waals surface area contributed by atoms with E-state index in [1.165, 1.54) is 0 Å². The largest absolute Gasteiger partial charge is 0.356 e. The maximum Gasteiger partial charge on any atom is 0.167 e. The Kier molecular flexibility index (Phi) is 3.48. The molecule has 3 heteroatoms. The molecule has 0 aliphatic heterocycles. The molecule has 0 saturated heterocycles. The second kappa shape index (κ2) is 4.42. The summed E-state index contributed by atoms with van der Waals surface area (Å²) in [5.74, 6) is 0. The number of rotatable bonds is 0. The quantitative estimate of drug-likeness (QED) is 0.699. The molecule has 0 aliphatic carbocycles. The first-order chi connectivity index (χ1) is 6.27. The third kappa shape index (κ3) is 2.10. The summed E-state index contributed by atoms with van der Waals surface area (Å²) in [5, 5.41) is 4.91. The van der Waals surface area contributed by atoms with Crippen molar-refractivity contribution in [1.82, 2.24) is 5.16 Å². The first-order valence-electron chi connectivity index (χ1n) is 4.29. The van der Waals surface area contributed by atoms with E-state index in [0.717, 1.165) is 21.1 Å². The normalized spacial score (nSPS) is 9.54. The molecule has 0 spiro atoms. The molecule has 0 bridgehead atoms. The van der Waals surface area contributed by atoms with Crippen molar-refractivity contribution in [2.75, 3.05) is 0 Å². The van der Waals surface area contributed by atoms with Crippen molar-refractivity contribution < 1.29 is 4.52 Å². The number of nitrogens with zero attached hydrogens (tertiary/aromatic N) is 1. The number of hydrogen-bond acceptors (Lipinski definition) is 2. The van der Waals surface area contributed by atoms with Gasteiger partial charge in [-0.1, -0.05) is 34.9 Å². The lowest BCUT2D eigenvalue weighted by molar-refractivity contribution is 0.450. The summed E-state index contributed by atoms with van der Waals surface area (Å²) in [4.78, 5) is 0. The molecule has 0 radical (unpaired) electrons. The van der Waals surface area contributed by atoms with Gasteiger partial charge in [0.1, 0.15) is 0 Å². The fourth-order valence-corrected chi connectivity index (χ4v) is 1.39. The van der Waals surface area contributed by atoms with Crippen molar-refractivity contribution in [1.29, 1.82) is 0 Å². The van der Waals surface area contributed by atoms with Crippen molar-refractivity contribution in [2.45, 2.75) is 20.8 Å². The van der Waals surface area contributed by atoms with Crippen LogP contribution in [0.3, 0.4) is 0 Å². The topological polar surface area (TPSA) is 26.0 Å². The zero-order chi connectivity index (χ0) is 9.84. The predicted octanol–water partition coefficient (Wildman–Crippen LogP) is 3.92. The number of halogens is 1. The van der Waals surface area contributed by atoms with Crippen molar-refractivity contribution in [3.05, 3.63) is 28.4 Å². The Bertz CT molecular complexity index is 395. The molecule has 1 aromatic heterocycles. The molecule has 70 valence electrons. The highest BCUT2D eigenvalue weighted by Crippen LogP contribution is 2.21. The van der Waals surface area contributed by atoms with Crippen molar-refractivity contribution >= 4 is 26.9 Å². The summed E-state index contributed by atoms with van der Waals surface area (Å²) in [7, 11) is 0. The molecule has 0 atom stereocenters. The first-order valence-corrected chi connectivity index (χ1v) is 5.08. The molecule has 0 N–H and O–H groups in total. The molecule has 0 unspecified atom stereocenters. The summed E-state index contributed by atoms with van der Waals surface area (Å²) in [6, 6.07) is 5.84. The Morgan fingerprint density at radius 1 is 1.31 bits per heavy atom. The Hall–Kier alpha value is -0.830. The SMILES string of the molecule is CC.Cc1noc2ccc(Br)cc12. The van der Waals surface area contributed by atoms with Crippen LogP contribution in [0.5, 0.6) is 0 Å². The van der Waals surface area contributed by atoms with Crippen LogP contribution in [-0.2, 0) is 0 Å². The van der Waals surface area contributed by atoms with Gasteiger partial charge in [-0.25, -0.2) is 0 Å². The van der Waals surface area contributed by atoms with E-state index in [4.69, 9.17) is 4.52 Å². The van der Waals surface area contributed by atoms with E-state index >= 15 is 0 Å². The van der Waals surface area contributed by atoms with Crippen LogP contribution in [0.25, 0.3) is 11.0 Å². The molecule has 2 rings (SSSR count). The van der Waals surface area contributed by atoms with Crippen LogP contribution in [0.4, 0.5) is 0 Å². The van der Waals surface area contributed by atoms with Gasteiger partial charge in [0, 0.05) is 9.86 Å². The summed E-state index contributed by atoms with van der Waals surface area (Å²) in [6.45, 7) is 5.93. The van der Waals surface area contributed by atoms with E-state index in [1.807, 2.05) is 39.0 Å². The van der Waals surface area contributed by atoms with E-state index in [0.29, 0.717) is 0 Å². The van der Waals surface area contributed by atoms with Gasteiger partial charge in [-0.05, 0) is 25.1 Å². The van der Waals surface area contributed by atoms with Crippen LogP contribution in [0.2, 0.25) is 0 Å². The summed E-state index contributed by atoms with van der Waals surface area (Å²) >= 11 is 3.38. The third-order valence-electron chi connectivity index (χ3n) is 1.61. The lowest BCUT2D eigenvalue weighted by Gasteiger charge is -1.87. The fraction of sp³-hybridized carbons (Fsp3) is 0.300. The summed E-state index contributed by atoms with van der Waals surface area (Å²) < 4.78 is 6.08. The number of benzene rings is 1. The molecule has 0 saturated carbocycles. The van der Waals surface area contributed by atoms with Crippen molar-refractivity contribution in [3.8, 4) is 0 Å². The zero-order valence-electron chi connectivity index (χ0n) is 7.97. The molecule has 1 heterocycles. The molecule has 13 heavy (non-hydrogen) atoms. The van der Waals surface area contributed by atoms with Gasteiger partial charge in [0.25, 0.3) is 0 Å². The standard InChI is InChI=1S/C8H6BrNO.C2H6/c1-5-7-4-6(9)2-3-8(7)11-10-5;1-2/h2-4H,1H3;1-2H3. The zero-order valence-corrected chi connectivity index (χ0v) is 9.55. The third-order valence-corrected chi connectivity index (χ3v) is 2.11. The molecule has 0 fully saturated rings. The van der Waals surface area contributed by atoms with Gasteiger partial charge in [0.2, 0.25) is 0 Å². The maximum atomic E-state index is 5.03.